The van der Waals surface area contributed by atoms with E-state index >= 15 is 0 Å². The number of quaternary nitrogens is 1. The van der Waals surface area contributed by atoms with E-state index in [-0.39, 0.29) is 32.0 Å². The van der Waals surface area contributed by atoms with Gasteiger partial charge in [0.2, 0.25) is 0 Å². The lowest BCUT2D eigenvalue weighted by molar-refractivity contribution is -0.870. The molecule has 2 unspecified atom stereocenters. The van der Waals surface area contributed by atoms with Crippen LogP contribution in [0.3, 0.4) is 0 Å². The third-order valence-electron chi connectivity index (χ3n) is 15.7. The molecule has 512 valence electrons. The first-order chi connectivity index (χ1) is 43.5. The Kier molecular flexibility index (Phi) is 66.0. The molecule has 10 heteroatoms. The fourth-order valence-corrected chi connectivity index (χ4v) is 10.9. The van der Waals surface area contributed by atoms with E-state index in [1.807, 2.05) is 21.1 Å². The van der Waals surface area contributed by atoms with Crippen LogP contribution in [0, 0.1) is 0 Å². The van der Waals surface area contributed by atoms with Gasteiger partial charge in [-0.25, -0.2) is 0 Å². The van der Waals surface area contributed by atoms with Gasteiger partial charge in [0.05, 0.1) is 27.7 Å². The lowest BCUT2D eigenvalue weighted by atomic mass is 10.0. The summed E-state index contributed by atoms with van der Waals surface area (Å²) >= 11 is 0. The van der Waals surface area contributed by atoms with Gasteiger partial charge >= 0.3 is 11.9 Å². The number of unbranched alkanes of at least 4 members (excludes halogenated alkanes) is 33. The molecule has 0 aliphatic carbocycles. The van der Waals surface area contributed by atoms with Crippen molar-refractivity contribution in [1.29, 1.82) is 0 Å². The zero-order valence-electron chi connectivity index (χ0n) is 58.3. The summed E-state index contributed by atoms with van der Waals surface area (Å²) in [6.07, 6.45) is 98.6. The number of esters is 2. The van der Waals surface area contributed by atoms with E-state index < -0.39 is 26.5 Å². The van der Waals surface area contributed by atoms with Crippen molar-refractivity contribution >= 4 is 19.8 Å². The molecule has 0 saturated carbocycles. The predicted molar refractivity (Wildman–Crippen MR) is 383 cm³/mol. The highest BCUT2D eigenvalue weighted by molar-refractivity contribution is 7.45. The molecule has 9 nitrogen and oxygen atoms in total. The molecule has 0 aromatic carbocycles. The molecule has 0 heterocycles. The number of nitrogens with zero attached hydrogens (tertiary/aromatic N) is 1. The second-order valence-corrected chi connectivity index (χ2v) is 27.0. The summed E-state index contributed by atoms with van der Waals surface area (Å²) < 4.78 is 34.3. The Labute approximate surface area is 549 Å². The molecule has 0 aromatic heterocycles. The van der Waals surface area contributed by atoms with Crippen molar-refractivity contribution in [2.45, 2.75) is 322 Å². The number of allylic oxidation sites excluding steroid dienone is 20. The minimum atomic E-state index is -4.65. The quantitative estimate of drug-likeness (QED) is 0.0195. The van der Waals surface area contributed by atoms with Crippen LogP contribution in [-0.4, -0.2) is 70.0 Å². The molecule has 2 atom stereocenters. The van der Waals surface area contributed by atoms with E-state index in [1.165, 1.54) is 173 Å². The summed E-state index contributed by atoms with van der Waals surface area (Å²) in [5, 5.41) is 0. The molecule has 0 bridgehead atoms. The highest BCUT2D eigenvalue weighted by Crippen LogP contribution is 2.38. The Hall–Kier alpha value is -3.59. The zero-order valence-corrected chi connectivity index (χ0v) is 59.2. The maximum absolute atomic E-state index is 12.9. The Morgan fingerprint density at radius 2 is 0.640 bits per heavy atom. The summed E-state index contributed by atoms with van der Waals surface area (Å²) in [7, 11) is 1.16. The van der Waals surface area contributed by atoms with Crippen molar-refractivity contribution in [2.24, 2.45) is 0 Å². The number of hydrogen-bond donors (Lipinski definition) is 0. The van der Waals surface area contributed by atoms with Crippen molar-refractivity contribution in [3.05, 3.63) is 122 Å². The van der Waals surface area contributed by atoms with Crippen LogP contribution in [0.5, 0.6) is 0 Å². The minimum Gasteiger partial charge on any atom is -0.756 e. The Morgan fingerprint density at radius 1 is 0.360 bits per heavy atom. The molecule has 0 radical (unpaired) electrons. The van der Waals surface area contributed by atoms with Crippen LogP contribution >= 0.6 is 7.82 Å². The van der Waals surface area contributed by atoms with Gasteiger partial charge in [-0.1, -0.05) is 334 Å². The number of hydrogen-bond acceptors (Lipinski definition) is 8. The second-order valence-electron chi connectivity index (χ2n) is 25.6. The lowest BCUT2D eigenvalue weighted by Crippen LogP contribution is -2.37. The van der Waals surface area contributed by atoms with Gasteiger partial charge in [-0.3, -0.25) is 14.2 Å². The summed E-state index contributed by atoms with van der Waals surface area (Å²) in [6, 6.07) is 0. The van der Waals surface area contributed by atoms with Crippen LogP contribution in [-0.2, 0) is 32.7 Å². The van der Waals surface area contributed by atoms with E-state index in [0.29, 0.717) is 17.4 Å². The van der Waals surface area contributed by atoms with Crippen LogP contribution in [0.15, 0.2) is 122 Å². The van der Waals surface area contributed by atoms with Gasteiger partial charge < -0.3 is 27.9 Å². The number of phosphoric acid groups is 1. The summed E-state index contributed by atoms with van der Waals surface area (Å²) in [5.41, 5.74) is 0. The maximum Gasteiger partial charge on any atom is 0.306 e. The second kappa shape index (κ2) is 68.8. The fraction of sp³-hybridized carbons (Fsp3) is 0.722. The normalized spacial score (nSPS) is 13.8. The summed E-state index contributed by atoms with van der Waals surface area (Å²) in [4.78, 5) is 38.1. The number of ether oxygens (including phenoxy) is 2. The van der Waals surface area contributed by atoms with Gasteiger partial charge in [-0.15, -0.1) is 0 Å². The molecule has 0 aliphatic rings. The number of likely N-dealkylation sites (N-methyl/N-ethyl adjacent to an activating group) is 1. The molecule has 0 amide bonds. The van der Waals surface area contributed by atoms with E-state index in [0.717, 1.165) is 109 Å². The van der Waals surface area contributed by atoms with Crippen molar-refractivity contribution in [3.63, 3.8) is 0 Å². The third kappa shape index (κ3) is 73.3. The first-order valence-electron chi connectivity index (χ1n) is 36.7. The van der Waals surface area contributed by atoms with Gasteiger partial charge in [0.1, 0.15) is 19.8 Å². The topological polar surface area (TPSA) is 111 Å². The maximum atomic E-state index is 12.9. The monoisotopic (exact) mass is 1260 g/mol. The average Bonchev–Trinajstić information content (AvgIpc) is 3.60. The van der Waals surface area contributed by atoms with Crippen molar-refractivity contribution in [2.75, 3.05) is 47.5 Å². The molecule has 0 saturated heterocycles. The standard InChI is InChI=1S/C79H138NO8P/c1-6-8-10-12-14-16-18-20-22-24-26-28-30-32-33-34-35-36-37-38-39-40-41-42-43-44-45-46-47-48-50-52-54-56-58-60-62-64-66-68-70-72-79(82)88-77(76-87-89(83,84)86-74-73-80(3,4)5)75-85-78(81)71-69-67-65-63-61-59-57-55-53-51-49-31-29-27-25-23-21-19-17-15-13-11-9-7-2/h8,10,14,16,20,22,26,28,32-33,35-36,38-39,41-42,44-45,47-48,77H,6-7,9,11-13,15,17-19,21,23-25,27,29-31,34,37,40,43,46,49-76H2,1-5H3/b10-8-,16-14-,22-20-,28-26-,33-32-,36-35-,39-38-,42-41-,45-44-,48-47-. The SMILES string of the molecule is CC/C=C\C/C=C\C/C=C\C/C=C\C/C=C\C/C=C\C/C=C\C/C=C\C/C=C\C/C=C\CCCCCCCCCCCCC(=O)OC(COC(=O)CCCCCCCCCCCCCCCCCCCCCCCCCC)COP(=O)([O-])OCC[N+](C)(C)C. The van der Waals surface area contributed by atoms with Crippen LogP contribution < -0.4 is 4.89 Å². The van der Waals surface area contributed by atoms with Gasteiger partial charge in [0.15, 0.2) is 6.10 Å². The molecule has 0 spiro atoms. The molecular weight excluding hydrogens is 1120 g/mol. The number of phosphoric ester groups is 1. The molecule has 0 N–H and O–H groups in total. The Balaban J connectivity index is 4.06. The first kappa shape index (κ1) is 85.4. The first-order valence-corrected chi connectivity index (χ1v) is 38.2. The molecule has 89 heavy (non-hydrogen) atoms. The van der Waals surface area contributed by atoms with Gasteiger partial charge in [0, 0.05) is 12.8 Å². The Bertz CT molecular complexity index is 1920. The molecular formula is C79H138NO8P. The largest absolute Gasteiger partial charge is 0.756 e. The van der Waals surface area contributed by atoms with Crippen LogP contribution in [0.4, 0.5) is 0 Å². The van der Waals surface area contributed by atoms with E-state index in [4.69, 9.17) is 18.5 Å². The van der Waals surface area contributed by atoms with Crippen molar-refractivity contribution in [3.8, 4) is 0 Å². The van der Waals surface area contributed by atoms with Crippen LogP contribution in [0.1, 0.15) is 316 Å². The minimum absolute atomic E-state index is 0.0347. The molecule has 0 fully saturated rings. The summed E-state index contributed by atoms with van der Waals surface area (Å²) in [6.45, 7) is 4.16. The molecule has 0 aliphatic heterocycles. The Morgan fingerprint density at radius 3 is 0.955 bits per heavy atom. The van der Waals surface area contributed by atoms with Gasteiger partial charge in [-0.05, 0) is 89.9 Å². The van der Waals surface area contributed by atoms with E-state index in [1.54, 1.807) is 0 Å². The number of carbonyl (C=O) groups is 2. The van der Waals surface area contributed by atoms with Crippen LogP contribution in [0.2, 0.25) is 0 Å². The van der Waals surface area contributed by atoms with Crippen molar-refractivity contribution in [1.82, 2.24) is 0 Å². The predicted octanol–water partition coefficient (Wildman–Crippen LogP) is 23.6. The zero-order chi connectivity index (χ0) is 64.8. The van der Waals surface area contributed by atoms with E-state index in [9.17, 15) is 19.0 Å². The number of rotatable bonds is 67. The third-order valence-corrected chi connectivity index (χ3v) is 16.7. The highest BCUT2D eigenvalue weighted by Gasteiger charge is 2.22. The lowest BCUT2D eigenvalue weighted by Gasteiger charge is -2.28. The smallest absolute Gasteiger partial charge is 0.306 e. The highest BCUT2D eigenvalue weighted by atomic mass is 31.2. The van der Waals surface area contributed by atoms with E-state index in [2.05, 4.69) is 135 Å². The molecule has 0 aromatic rings. The molecule has 0 rings (SSSR count). The number of carbonyl (C=O) groups excluding carboxylic acids is 2. The van der Waals surface area contributed by atoms with Crippen LogP contribution in [0.25, 0.3) is 0 Å². The fourth-order valence-electron chi connectivity index (χ4n) is 10.2. The van der Waals surface area contributed by atoms with Crippen molar-refractivity contribution < 1.29 is 42.1 Å². The van der Waals surface area contributed by atoms with Gasteiger partial charge in [-0.2, -0.15) is 0 Å². The van der Waals surface area contributed by atoms with Gasteiger partial charge in [0.25, 0.3) is 7.82 Å². The summed E-state index contributed by atoms with van der Waals surface area (Å²) in [5.74, 6) is -0.831. The average molecular weight is 1260 g/mol.